The van der Waals surface area contributed by atoms with Crippen molar-refractivity contribution in [2.24, 2.45) is 0 Å². The van der Waals surface area contributed by atoms with Crippen molar-refractivity contribution in [3.05, 3.63) is 44.2 Å². The first kappa shape index (κ1) is 19.6. The number of nitrogens with one attached hydrogen (secondary N) is 1. The van der Waals surface area contributed by atoms with Crippen molar-refractivity contribution in [3.63, 3.8) is 0 Å². The molecule has 0 fully saturated rings. The van der Waals surface area contributed by atoms with Crippen LogP contribution in [0.15, 0.2) is 18.2 Å². The van der Waals surface area contributed by atoms with Crippen molar-refractivity contribution in [2.75, 3.05) is 19.0 Å². The van der Waals surface area contributed by atoms with Crippen molar-refractivity contribution >= 4 is 51.4 Å². The van der Waals surface area contributed by atoms with Crippen molar-refractivity contribution < 1.29 is 19.1 Å². The van der Waals surface area contributed by atoms with E-state index in [4.69, 9.17) is 32.7 Å². The van der Waals surface area contributed by atoms with E-state index >= 15 is 0 Å². The molecule has 0 aliphatic heterocycles. The van der Waals surface area contributed by atoms with Crippen molar-refractivity contribution in [3.8, 4) is 5.75 Å². The average molecular weight is 402 g/mol. The summed E-state index contributed by atoms with van der Waals surface area (Å²) in [5.41, 5.74) is 1.26. The first-order chi connectivity index (χ1) is 11.9. The molecule has 1 heterocycles. The van der Waals surface area contributed by atoms with Gasteiger partial charge in [-0.15, -0.1) is 11.3 Å². The Balaban J connectivity index is 2.11. The number of rotatable bonds is 6. The maximum Gasteiger partial charge on any atom is 0.341 e. The highest BCUT2D eigenvalue weighted by Gasteiger charge is 2.23. The smallest absolute Gasteiger partial charge is 0.341 e. The number of anilines is 1. The average Bonchev–Trinajstić information content (AvgIpc) is 2.88. The minimum Gasteiger partial charge on any atom is -0.482 e. The Labute approximate surface area is 159 Å². The lowest BCUT2D eigenvalue weighted by Crippen LogP contribution is -2.21. The third-order valence-corrected chi connectivity index (χ3v) is 5.05. The summed E-state index contributed by atoms with van der Waals surface area (Å²) in [5, 5.41) is 3.96. The van der Waals surface area contributed by atoms with Crippen LogP contribution in [-0.2, 0) is 16.0 Å². The van der Waals surface area contributed by atoms with E-state index in [2.05, 4.69) is 5.32 Å². The monoisotopic (exact) mass is 401 g/mol. The summed E-state index contributed by atoms with van der Waals surface area (Å²) >= 11 is 13.2. The van der Waals surface area contributed by atoms with E-state index in [1.807, 2.05) is 13.8 Å². The number of esters is 1. The maximum atomic E-state index is 12.2. The van der Waals surface area contributed by atoms with E-state index in [1.54, 1.807) is 12.1 Å². The first-order valence-corrected chi connectivity index (χ1v) is 9.02. The molecule has 5 nitrogen and oxygen atoms in total. The summed E-state index contributed by atoms with van der Waals surface area (Å²) in [7, 11) is 1.31. The molecule has 0 radical (unpaired) electrons. The summed E-state index contributed by atoms with van der Waals surface area (Å²) in [4.78, 5) is 25.2. The number of thiophene rings is 1. The van der Waals surface area contributed by atoms with Crippen molar-refractivity contribution in [1.29, 1.82) is 0 Å². The Morgan fingerprint density at radius 1 is 1.28 bits per heavy atom. The van der Waals surface area contributed by atoms with Crippen LogP contribution in [0, 0.1) is 6.92 Å². The molecule has 0 atom stereocenters. The number of carbonyl (C=O) groups is 2. The van der Waals surface area contributed by atoms with Gasteiger partial charge >= 0.3 is 5.97 Å². The largest absolute Gasteiger partial charge is 0.482 e. The van der Waals surface area contributed by atoms with Gasteiger partial charge in [0.15, 0.2) is 6.61 Å². The van der Waals surface area contributed by atoms with Gasteiger partial charge in [0.25, 0.3) is 5.91 Å². The molecule has 1 amide bonds. The van der Waals surface area contributed by atoms with Gasteiger partial charge in [0, 0.05) is 9.90 Å². The van der Waals surface area contributed by atoms with Crippen LogP contribution in [0.1, 0.15) is 27.7 Å². The lowest BCUT2D eigenvalue weighted by atomic mass is 10.1. The number of ether oxygens (including phenoxy) is 2. The zero-order chi connectivity index (χ0) is 18.6. The van der Waals surface area contributed by atoms with Crippen LogP contribution >= 0.6 is 34.5 Å². The van der Waals surface area contributed by atoms with E-state index in [9.17, 15) is 9.59 Å². The summed E-state index contributed by atoms with van der Waals surface area (Å²) in [6, 6.07) is 4.73. The quantitative estimate of drug-likeness (QED) is 0.710. The molecule has 2 aromatic rings. The highest BCUT2D eigenvalue weighted by molar-refractivity contribution is 7.16. The molecule has 0 spiro atoms. The topological polar surface area (TPSA) is 64.6 Å². The van der Waals surface area contributed by atoms with Gasteiger partial charge in [0.2, 0.25) is 0 Å². The zero-order valence-electron chi connectivity index (χ0n) is 13.9. The zero-order valence-corrected chi connectivity index (χ0v) is 16.3. The Kier molecular flexibility index (Phi) is 6.70. The summed E-state index contributed by atoms with van der Waals surface area (Å²) in [6.07, 6.45) is 0.666. The maximum absolute atomic E-state index is 12.2. The number of hydrogen-bond acceptors (Lipinski definition) is 5. The van der Waals surface area contributed by atoms with Crippen molar-refractivity contribution in [2.45, 2.75) is 20.3 Å². The van der Waals surface area contributed by atoms with Gasteiger partial charge < -0.3 is 14.8 Å². The summed E-state index contributed by atoms with van der Waals surface area (Å²) < 4.78 is 10.2. The van der Waals surface area contributed by atoms with Crippen LogP contribution in [0.25, 0.3) is 0 Å². The van der Waals surface area contributed by atoms with E-state index < -0.39 is 11.9 Å². The predicted octanol–water partition coefficient (Wildman–Crippen LogP) is 4.73. The molecule has 2 rings (SSSR count). The molecule has 1 aromatic heterocycles. The van der Waals surface area contributed by atoms with Crippen LogP contribution in [0.4, 0.5) is 5.00 Å². The highest BCUT2D eigenvalue weighted by Crippen LogP contribution is 2.34. The van der Waals surface area contributed by atoms with Crippen LogP contribution in [-0.4, -0.2) is 25.6 Å². The van der Waals surface area contributed by atoms with E-state index in [1.165, 1.54) is 24.5 Å². The number of halogens is 2. The van der Waals surface area contributed by atoms with Crippen LogP contribution < -0.4 is 10.1 Å². The second kappa shape index (κ2) is 8.56. The second-order valence-electron chi connectivity index (χ2n) is 5.10. The number of benzene rings is 1. The third-order valence-electron chi connectivity index (χ3n) is 3.46. The Bertz CT molecular complexity index is 804. The minimum atomic E-state index is -0.474. The molecule has 8 heteroatoms. The fourth-order valence-corrected chi connectivity index (χ4v) is 3.92. The van der Waals surface area contributed by atoms with Crippen LogP contribution in [0.5, 0.6) is 5.75 Å². The molecule has 1 aromatic carbocycles. The Morgan fingerprint density at radius 3 is 2.60 bits per heavy atom. The third kappa shape index (κ3) is 4.66. The number of aryl methyl sites for hydroxylation is 1. The van der Waals surface area contributed by atoms with E-state index in [0.717, 1.165) is 10.4 Å². The SMILES string of the molecule is CCc1c(C)sc(NC(=O)COc2ccc(Cl)cc2Cl)c1C(=O)OC. The van der Waals surface area contributed by atoms with Gasteiger partial charge in [0.1, 0.15) is 10.8 Å². The fourth-order valence-electron chi connectivity index (χ4n) is 2.31. The Hall–Kier alpha value is -1.76. The standard InChI is InChI=1S/C17H17Cl2NO4S/c1-4-11-9(2)25-16(15(11)17(22)23-3)20-14(21)8-24-13-6-5-10(18)7-12(13)19/h5-7H,4,8H2,1-3H3,(H,20,21). The molecule has 25 heavy (non-hydrogen) atoms. The highest BCUT2D eigenvalue weighted by atomic mass is 35.5. The first-order valence-electron chi connectivity index (χ1n) is 7.45. The van der Waals surface area contributed by atoms with Gasteiger partial charge in [-0.2, -0.15) is 0 Å². The lowest BCUT2D eigenvalue weighted by molar-refractivity contribution is -0.118. The molecule has 1 N–H and O–H groups in total. The molecular weight excluding hydrogens is 385 g/mol. The van der Waals surface area contributed by atoms with Gasteiger partial charge in [0.05, 0.1) is 17.7 Å². The minimum absolute atomic E-state index is 0.250. The van der Waals surface area contributed by atoms with Crippen LogP contribution in [0.3, 0.4) is 0 Å². The normalized spacial score (nSPS) is 10.4. The molecular formula is C17H17Cl2NO4S. The number of methoxy groups -OCH3 is 1. The molecule has 0 aliphatic rings. The molecule has 0 saturated carbocycles. The number of hydrogen-bond donors (Lipinski definition) is 1. The molecule has 0 unspecified atom stereocenters. The predicted molar refractivity (Wildman–Crippen MR) is 100 cm³/mol. The van der Waals surface area contributed by atoms with Crippen LogP contribution in [0.2, 0.25) is 10.0 Å². The van der Waals surface area contributed by atoms with E-state index in [0.29, 0.717) is 32.8 Å². The summed E-state index contributed by atoms with van der Waals surface area (Å²) in [6.45, 7) is 3.59. The van der Waals surface area contributed by atoms with Gasteiger partial charge in [-0.3, -0.25) is 4.79 Å². The molecule has 0 aliphatic carbocycles. The Morgan fingerprint density at radius 2 is 2.00 bits per heavy atom. The molecule has 0 saturated heterocycles. The molecule has 134 valence electrons. The lowest BCUT2D eigenvalue weighted by Gasteiger charge is -2.09. The van der Waals surface area contributed by atoms with Crippen molar-refractivity contribution in [1.82, 2.24) is 0 Å². The molecule has 0 bridgehead atoms. The second-order valence-corrected chi connectivity index (χ2v) is 7.17. The van der Waals surface area contributed by atoms with E-state index in [-0.39, 0.29) is 6.61 Å². The van der Waals surface area contributed by atoms with Gasteiger partial charge in [-0.1, -0.05) is 30.1 Å². The number of carbonyl (C=O) groups excluding carboxylic acids is 2. The van der Waals surface area contributed by atoms with Gasteiger partial charge in [-0.25, -0.2) is 4.79 Å². The van der Waals surface area contributed by atoms with Gasteiger partial charge in [-0.05, 0) is 37.1 Å². The fraction of sp³-hybridized carbons (Fsp3) is 0.294. The summed E-state index contributed by atoms with van der Waals surface area (Å²) in [5.74, 6) is -0.524. The number of amides is 1.